The second-order valence-electron chi connectivity index (χ2n) is 8.01. The Hall–Kier alpha value is -3.51. The maximum atomic E-state index is 14.0. The largest absolute Gasteiger partial charge is 0.497 e. The Kier molecular flexibility index (Phi) is 8.55. The number of methoxy groups -OCH3 is 1. The van der Waals surface area contributed by atoms with Gasteiger partial charge in [0.05, 0.1) is 7.11 Å². The first-order valence-corrected chi connectivity index (χ1v) is 11.1. The number of nitrogens with one attached hydrogen (secondary N) is 2. The van der Waals surface area contributed by atoms with Crippen LogP contribution >= 0.6 is 0 Å². The second kappa shape index (κ2) is 11.6. The third-order valence-electron chi connectivity index (χ3n) is 5.84. The predicted molar refractivity (Wildman–Crippen MR) is 131 cm³/mol. The zero-order chi connectivity index (χ0) is 24.6. The van der Waals surface area contributed by atoms with Crippen LogP contribution in [0.5, 0.6) is 5.75 Å². The summed E-state index contributed by atoms with van der Waals surface area (Å²) in [5, 5.41) is 6.18. The average molecular weight is 465 g/mol. The van der Waals surface area contributed by atoms with Crippen molar-refractivity contribution in [2.24, 2.45) is 0 Å². The number of hydrogen-bond acceptors (Lipinski definition) is 3. The van der Waals surface area contributed by atoms with E-state index in [-0.39, 0.29) is 17.5 Å². The molecular weight excluding hydrogens is 434 g/mol. The Morgan fingerprint density at radius 2 is 1.65 bits per heavy atom. The van der Waals surface area contributed by atoms with Crippen molar-refractivity contribution in [1.29, 1.82) is 0 Å². The van der Waals surface area contributed by atoms with Gasteiger partial charge < -0.3 is 10.1 Å². The molecule has 4 nitrogen and oxygen atoms in total. The van der Waals surface area contributed by atoms with Crippen LogP contribution < -0.4 is 15.4 Å². The Labute approximate surface area is 199 Å². The SMILES string of the molecule is C=CC(F)(F)c1ccc([C@H](CCc2ccc(OC)cc2)N[C@H](C(=O)NC)c2ccccc2)cc1. The van der Waals surface area contributed by atoms with Crippen molar-refractivity contribution in [2.75, 3.05) is 14.2 Å². The average Bonchev–Trinajstić information content (AvgIpc) is 2.89. The van der Waals surface area contributed by atoms with Gasteiger partial charge in [-0.2, -0.15) is 8.78 Å². The number of halogens is 2. The standard InChI is InChI=1S/C28H30F2N2O2/c1-4-28(29,30)23-15-13-21(14-16-23)25(19-12-20-10-17-24(34-3)18-11-20)32-26(27(33)31-2)22-8-6-5-7-9-22/h4-11,13-18,25-26,32H,1,12,19H2,2-3H3,(H,31,33)/t25-,26-/m0/s1. The monoisotopic (exact) mass is 464 g/mol. The molecule has 0 aromatic heterocycles. The van der Waals surface area contributed by atoms with Gasteiger partial charge in [0.2, 0.25) is 5.91 Å². The molecule has 2 N–H and O–H groups in total. The molecule has 0 radical (unpaired) electrons. The molecule has 0 spiro atoms. The summed E-state index contributed by atoms with van der Waals surface area (Å²) in [6, 6.07) is 22.6. The molecule has 0 unspecified atom stereocenters. The fourth-order valence-electron chi connectivity index (χ4n) is 3.82. The van der Waals surface area contributed by atoms with Gasteiger partial charge in [0, 0.05) is 18.7 Å². The predicted octanol–water partition coefficient (Wildman–Crippen LogP) is 5.72. The molecule has 0 fully saturated rings. The minimum absolute atomic E-state index is 0.119. The van der Waals surface area contributed by atoms with Crippen LogP contribution in [0.25, 0.3) is 0 Å². The van der Waals surface area contributed by atoms with Gasteiger partial charge in [0.15, 0.2) is 0 Å². The van der Waals surface area contributed by atoms with Gasteiger partial charge in [0.1, 0.15) is 11.8 Å². The van der Waals surface area contributed by atoms with Gasteiger partial charge in [0.25, 0.3) is 5.92 Å². The lowest BCUT2D eigenvalue weighted by molar-refractivity contribution is -0.123. The fourth-order valence-corrected chi connectivity index (χ4v) is 3.82. The van der Waals surface area contributed by atoms with Crippen molar-refractivity contribution in [3.05, 3.63) is 114 Å². The molecule has 3 rings (SSSR count). The molecular formula is C28H30F2N2O2. The van der Waals surface area contributed by atoms with Gasteiger partial charge in [-0.1, -0.05) is 73.3 Å². The van der Waals surface area contributed by atoms with Crippen molar-refractivity contribution in [3.8, 4) is 5.75 Å². The number of carbonyl (C=O) groups is 1. The molecule has 0 bridgehead atoms. The molecule has 0 saturated heterocycles. The van der Waals surface area contributed by atoms with Crippen molar-refractivity contribution < 1.29 is 18.3 Å². The molecule has 178 valence electrons. The number of allylic oxidation sites excluding steroid dienone is 1. The zero-order valence-electron chi connectivity index (χ0n) is 19.4. The summed E-state index contributed by atoms with van der Waals surface area (Å²) in [5.41, 5.74) is 2.64. The highest BCUT2D eigenvalue weighted by Crippen LogP contribution is 2.31. The summed E-state index contributed by atoms with van der Waals surface area (Å²) < 4.78 is 33.3. The van der Waals surface area contributed by atoms with E-state index >= 15 is 0 Å². The highest BCUT2D eigenvalue weighted by atomic mass is 19.3. The number of hydrogen-bond donors (Lipinski definition) is 2. The first-order chi connectivity index (χ1) is 16.4. The highest BCUT2D eigenvalue weighted by Gasteiger charge is 2.28. The Morgan fingerprint density at radius 1 is 1.00 bits per heavy atom. The molecule has 0 aliphatic rings. The molecule has 0 aliphatic heterocycles. The van der Waals surface area contributed by atoms with Crippen LogP contribution in [-0.4, -0.2) is 20.1 Å². The minimum atomic E-state index is -3.10. The lowest BCUT2D eigenvalue weighted by Gasteiger charge is -2.26. The van der Waals surface area contributed by atoms with Gasteiger partial charge in [-0.25, -0.2) is 0 Å². The lowest BCUT2D eigenvalue weighted by Crippen LogP contribution is -2.38. The molecule has 6 heteroatoms. The topological polar surface area (TPSA) is 50.4 Å². The summed E-state index contributed by atoms with van der Waals surface area (Å²) >= 11 is 0. The smallest absolute Gasteiger partial charge is 0.291 e. The van der Waals surface area contributed by atoms with E-state index in [2.05, 4.69) is 17.2 Å². The van der Waals surface area contributed by atoms with Gasteiger partial charge in [-0.05, 0) is 47.7 Å². The van der Waals surface area contributed by atoms with Crippen LogP contribution in [0, 0.1) is 0 Å². The Morgan fingerprint density at radius 3 is 2.21 bits per heavy atom. The van der Waals surface area contributed by atoms with Crippen LogP contribution in [0.4, 0.5) is 8.78 Å². The van der Waals surface area contributed by atoms with Crippen LogP contribution in [0.1, 0.15) is 40.8 Å². The van der Waals surface area contributed by atoms with Gasteiger partial charge in [-0.3, -0.25) is 10.1 Å². The van der Waals surface area contributed by atoms with Gasteiger partial charge >= 0.3 is 0 Å². The Balaban J connectivity index is 1.89. The first-order valence-electron chi connectivity index (χ1n) is 11.1. The van der Waals surface area contributed by atoms with Crippen molar-refractivity contribution in [1.82, 2.24) is 10.6 Å². The van der Waals surface area contributed by atoms with Crippen molar-refractivity contribution in [3.63, 3.8) is 0 Å². The zero-order valence-corrected chi connectivity index (χ0v) is 19.4. The summed E-state index contributed by atoms with van der Waals surface area (Å²) in [6.07, 6.45) is 2.02. The summed E-state index contributed by atoms with van der Waals surface area (Å²) in [7, 11) is 3.22. The molecule has 3 aromatic rings. The fraction of sp³-hybridized carbons (Fsp3) is 0.250. The van der Waals surface area contributed by atoms with Crippen molar-refractivity contribution >= 4 is 5.91 Å². The van der Waals surface area contributed by atoms with E-state index in [0.29, 0.717) is 12.5 Å². The quantitative estimate of drug-likeness (QED) is 0.357. The molecule has 3 aromatic carbocycles. The second-order valence-corrected chi connectivity index (χ2v) is 8.01. The Bertz CT molecular complexity index is 1070. The number of ether oxygens (including phenoxy) is 1. The van der Waals surface area contributed by atoms with E-state index in [4.69, 9.17) is 4.74 Å². The van der Waals surface area contributed by atoms with E-state index in [0.717, 1.165) is 28.9 Å². The van der Waals surface area contributed by atoms with E-state index in [1.165, 1.54) is 12.1 Å². The first kappa shape index (κ1) is 25.1. The number of benzene rings is 3. The van der Waals surface area contributed by atoms with E-state index in [1.807, 2.05) is 54.6 Å². The van der Waals surface area contributed by atoms with Crippen LogP contribution in [0.15, 0.2) is 91.5 Å². The summed E-state index contributed by atoms with van der Waals surface area (Å²) in [6.45, 7) is 3.23. The number of rotatable bonds is 11. The number of amides is 1. The number of alkyl halides is 2. The molecule has 34 heavy (non-hydrogen) atoms. The number of carbonyl (C=O) groups excluding carboxylic acids is 1. The molecule has 0 saturated carbocycles. The summed E-state index contributed by atoms with van der Waals surface area (Å²) in [5.74, 6) is -2.49. The molecule has 0 heterocycles. The normalized spacial score (nSPS) is 13.1. The van der Waals surface area contributed by atoms with Gasteiger partial charge in [-0.15, -0.1) is 0 Å². The van der Waals surface area contributed by atoms with E-state index in [9.17, 15) is 13.6 Å². The summed E-state index contributed by atoms with van der Waals surface area (Å²) in [4.78, 5) is 12.8. The van der Waals surface area contributed by atoms with Crippen LogP contribution in [0.3, 0.4) is 0 Å². The highest BCUT2D eigenvalue weighted by molar-refractivity contribution is 5.83. The van der Waals surface area contributed by atoms with E-state index < -0.39 is 12.0 Å². The molecule has 1 amide bonds. The number of aryl methyl sites for hydroxylation is 1. The van der Waals surface area contributed by atoms with Crippen LogP contribution in [-0.2, 0) is 17.1 Å². The van der Waals surface area contributed by atoms with Crippen molar-refractivity contribution in [2.45, 2.75) is 30.8 Å². The lowest BCUT2D eigenvalue weighted by atomic mass is 9.95. The van der Waals surface area contributed by atoms with Crippen LogP contribution in [0.2, 0.25) is 0 Å². The minimum Gasteiger partial charge on any atom is -0.497 e. The molecule has 0 aliphatic carbocycles. The molecule has 2 atom stereocenters. The third kappa shape index (κ3) is 6.29. The third-order valence-corrected chi connectivity index (χ3v) is 5.84. The maximum absolute atomic E-state index is 14.0. The number of likely N-dealkylation sites (N-methyl/N-ethyl adjacent to an activating group) is 1. The van der Waals surface area contributed by atoms with E-state index in [1.54, 1.807) is 26.3 Å². The maximum Gasteiger partial charge on any atom is 0.291 e.